The van der Waals surface area contributed by atoms with Crippen LogP contribution in [-0.4, -0.2) is 36.9 Å². The zero-order chi connectivity index (χ0) is 15.5. The average molecular weight is 310 g/mol. The number of hydrogen-bond donors (Lipinski definition) is 2. The summed E-state index contributed by atoms with van der Waals surface area (Å²) >= 11 is 0. The third-order valence-corrected chi connectivity index (χ3v) is 4.69. The van der Waals surface area contributed by atoms with Gasteiger partial charge in [0.2, 0.25) is 0 Å². The number of hydrogen-bond acceptors (Lipinski definition) is 3. The van der Waals surface area contributed by atoms with Crippen molar-refractivity contribution in [2.75, 3.05) is 7.05 Å². The number of nitrogens with zero attached hydrogens (tertiary/aromatic N) is 1. The molecule has 0 spiro atoms. The molecule has 0 heterocycles. The van der Waals surface area contributed by atoms with Gasteiger partial charge in [-0.1, -0.05) is 24.3 Å². The van der Waals surface area contributed by atoms with Crippen LogP contribution < -0.4 is 4.72 Å². The van der Waals surface area contributed by atoms with E-state index in [1.807, 2.05) is 0 Å². The SMILES string of the molecule is CN(Cc1ccc(/C=C/C(=O)O)cc1)S(=O)(=O)NC1CC1. The minimum atomic E-state index is -3.44. The van der Waals surface area contributed by atoms with Gasteiger partial charge < -0.3 is 5.11 Å². The lowest BCUT2D eigenvalue weighted by atomic mass is 10.1. The fraction of sp³-hybridized carbons (Fsp3) is 0.357. The first-order chi connectivity index (χ1) is 9.87. The van der Waals surface area contributed by atoms with Crippen LogP contribution in [0.3, 0.4) is 0 Å². The Morgan fingerprint density at radius 2 is 2.00 bits per heavy atom. The maximum Gasteiger partial charge on any atom is 0.328 e. The average Bonchev–Trinajstić information content (AvgIpc) is 3.21. The standard InChI is InChI=1S/C14H18N2O4S/c1-16(21(19,20)15-13-7-8-13)10-12-4-2-11(3-5-12)6-9-14(17)18/h2-6,9,13,15H,7-8,10H2,1H3,(H,17,18)/b9-6+. The number of carboxylic acids is 1. The Hall–Kier alpha value is -1.70. The molecule has 0 aromatic heterocycles. The van der Waals surface area contributed by atoms with Gasteiger partial charge in [0.15, 0.2) is 0 Å². The Bertz CT molecular complexity index is 633. The monoisotopic (exact) mass is 310 g/mol. The molecule has 114 valence electrons. The molecule has 1 aliphatic carbocycles. The van der Waals surface area contributed by atoms with Crippen LogP contribution >= 0.6 is 0 Å². The summed E-state index contributed by atoms with van der Waals surface area (Å²) in [5.41, 5.74) is 1.59. The highest BCUT2D eigenvalue weighted by molar-refractivity contribution is 7.87. The summed E-state index contributed by atoms with van der Waals surface area (Å²) in [5, 5.41) is 8.55. The summed E-state index contributed by atoms with van der Waals surface area (Å²) in [5.74, 6) is -1.00. The van der Waals surface area contributed by atoms with Gasteiger partial charge in [0, 0.05) is 25.7 Å². The van der Waals surface area contributed by atoms with Gasteiger partial charge in [0.1, 0.15) is 0 Å². The van der Waals surface area contributed by atoms with E-state index in [0.717, 1.165) is 30.0 Å². The second-order valence-corrected chi connectivity index (χ2v) is 6.88. The molecule has 0 atom stereocenters. The van der Waals surface area contributed by atoms with Gasteiger partial charge in [-0.2, -0.15) is 17.4 Å². The molecule has 1 saturated carbocycles. The summed E-state index contributed by atoms with van der Waals surface area (Å²) in [6.45, 7) is 0.269. The second kappa shape index (κ2) is 6.38. The molecule has 21 heavy (non-hydrogen) atoms. The predicted octanol–water partition coefficient (Wildman–Crippen LogP) is 1.21. The zero-order valence-corrected chi connectivity index (χ0v) is 12.5. The Kier molecular flexibility index (Phi) is 4.76. The first-order valence-corrected chi connectivity index (χ1v) is 8.04. The van der Waals surface area contributed by atoms with Crippen molar-refractivity contribution >= 4 is 22.3 Å². The summed E-state index contributed by atoms with van der Waals surface area (Å²) in [6.07, 6.45) is 4.35. The molecule has 0 radical (unpaired) electrons. The lowest BCUT2D eigenvalue weighted by Crippen LogP contribution is -2.38. The van der Waals surface area contributed by atoms with Crippen LogP contribution in [0.4, 0.5) is 0 Å². The number of carboxylic acid groups (broad SMARTS) is 1. The van der Waals surface area contributed by atoms with Gasteiger partial charge in [-0.3, -0.25) is 0 Å². The molecule has 6 nitrogen and oxygen atoms in total. The van der Waals surface area contributed by atoms with E-state index in [2.05, 4.69) is 4.72 Å². The topological polar surface area (TPSA) is 86.7 Å². The van der Waals surface area contributed by atoms with E-state index in [1.165, 1.54) is 17.4 Å². The lowest BCUT2D eigenvalue weighted by molar-refractivity contribution is -0.131. The molecule has 1 fully saturated rings. The van der Waals surface area contributed by atoms with Crippen LogP contribution in [0.1, 0.15) is 24.0 Å². The maximum absolute atomic E-state index is 12.0. The highest BCUT2D eigenvalue weighted by atomic mass is 32.2. The number of carbonyl (C=O) groups is 1. The molecule has 2 N–H and O–H groups in total. The first kappa shape index (κ1) is 15.7. The van der Waals surface area contributed by atoms with Crippen LogP contribution in [0.2, 0.25) is 0 Å². The summed E-state index contributed by atoms with van der Waals surface area (Å²) in [4.78, 5) is 10.4. The van der Waals surface area contributed by atoms with Crippen molar-refractivity contribution in [1.29, 1.82) is 0 Å². The Morgan fingerprint density at radius 1 is 1.38 bits per heavy atom. The van der Waals surface area contributed by atoms with Gasteiger partial charge in [-0.25, -0.2) is 4.79 Å². The minimum Gasteiger partial charge on any atom is -0.478 e. The van der Waals surface area contributed by atoms with E-state index in [9.17, 15) is 13.2 Å². The molecule has 0 aliphatic heterocycles. The van der Waals surface area contributed by atoms with E-state index >= 15 is 0 Å². The minimum absolute atomic E-state index is 0.0842. The van der Waals surface area contributed by atoms with Crippen LogP contribution in [-0.2, 0) is 21.5 Å². The lowest BCUT2D eigenvalue weighted by Gasteiger charge is -2.17. The molecular weight excluding hydrogens is 292 g/mol. The van der Waals surface area contributed by atoms with Gasteiger partial charge >= 0.3 is 5.97 Å². The highest BCUT2D eigenvalue weighted by Crippen LogP contribution is 2.20. The largest absolute Gasteiger partial charge is 0.478 e. The predicted molar refractivity (Wildman–Crippen MR) is 79.7 cm³/mol. The molecule has 7 heteroatoms. The third-order valence-electron chi connectivity index (χ3n) is 3.11. The molecular formula is C14H18N2O4S. The fourth-order valence-electron chi connectivity index (χ4n) is 1.75. The molecule has 0 bridgehead atoms. The van der Waals surface area contributed by atoms with Gasteiger partial charge in [0.25, 0.3) is 10.2 Å². The quantitative estimate of drug-likeness (QED) is 0.741. The molecule has 0 saturated heterocycles. The number of nitrogens with one attached hydrogen (secondary N) is 1. The molecule has 0 amide bonds. The molecule has 0 unspecified atom stereocenters. The van der Waals surface area contributed by atoms with Crippen molar-refractivity contribution in [2.45, 2.75) is 25.4 Å². The normalized spacial score (nSPS) is 15.7. The van der Waals surface area contributed by atoms with Crippen LogP contribution in [0.25, 0.3) is 6.08 Å². The molecule has 1 aliphatic rings. The molecule has 2 rings (SSSR count). The van der Waals surface area contributed by atoms with Crippen molar-refractivity contribution in [1.82, 2.24) is 9.03 Å². The second-order valence-electron chi connectivity index (χ2n) is 5.07. The van der Waals surface area contributed by atoms with Crippen molar-refractivity contribution in [3.63, 3.8) is 0 Å². The van der Waals surface area contributed by atoms with Crippen molar-refractivity contribution in [2.24, 2.45) is 0 Å². The fourth-order valence-corrected chi connectivity index (χ4v) is 2.90. The van der Waals surface area contributed by atoms with E-state index in [-0.39, 0.29) is 12.6 Å². The highest BCUT2D eigenvalue weighted by Gasteiger charge is 2.29. The Morgan fingerprint density at radius 3 is 2.52 bits per heavy atom. The van der Waals surface area contributed by atoms with Crippen LogP contribution in [0, 0.1) is 0 Å². The number of aliphatic carboxylic acids is 1. The Labute approximate surface area is 124 Å². The summed E-state index contributed by atoms with van der Waals surface area (Å²) in [6, 6.07) is 7.16. The van der Waals surface area contributed by atoms with Crippen molar-refractivity contribution < 1.29 is 18.3 Å². The first-order valence-electron chi connectivity index (χ1n) is 6.60. The molecule has 1 aromatic carbocycles. The van der Waals surface area contributed by atoms with Crippen molar-refractivity contribution in [3.8, 4) is 0 Å². The van der Waals surface area contributed by atoms with Crippen LogP contribution in [0.5, 0.6) is 0 Å². The van der Waals surface area contributed by atoms with Crippen molar-refractivity contribution in [3.05, 3.63) is 41.5 Å². The van der Waals surface area contributed by atoms with E-state index < -0.39 is 16.2 Å². The number of benzene rings is 1. The molecule has 1 aromatic rings. The third kappa shape index (κ3) is 4.96. The van der Waals surface area contributed by atoms with Gasteiger partial charge in [-0.05, 0) is 30.0 Å². The number of rotatable bonds is 7. The maximum atomic E-state index is 12.0. The Balaban J connectivity index is 1.97. The van der Waals surface area contributed by atoms with E-state index in [1.54, 1.807) is 24.3 Å². The summed E-state index contributed by atoms with van der Waals surface area (Å²) in [7, 11) is -1.90. The van der Waals surface area contributed by atoms with E-state index in [0.29, 0.717) is 0 Å². The van der Waals surface area contributed by atoms with Gasteiger partial charge in [0.05, 0.1) is 0 Å². The van der Waals surface area contributed by atoms with E-state index in [4.69, 9.17) is 5.11 Å². The van der Waals surface area contributed by atoms with Gasteiger partial charge in [-0.15, -0.1) is 0 Å². The van der Waals surface area contributed by atoms with Crippen LogP contribution in [0.15, 0.2) is 30.3 Å². The summed E-state index contributed by atoms with van der Waals surface area (Å²) < 4.78 is 27.8. The smallest absolute Gasteiger partial charge is 0.328 e. The zero-order valence-electron chi connectivity index (χ0n) is 11.7.